The SMILES string of the molecule is COC(=O)C(=O)c1ccc(Oc2ccc(Cl)cc2)cc1. The molecule has 0 radical (unpaired) electrons. The fourth-order valence-corrected chi connectivity index (χ4v) is 1.65. The summed E-state index contributed by atoms with van der Waals surface area (Å²) in [5, 5.41) is 0.622. The van der Waals surface area contributed by atoms with Crippen LogP contribution in [-0.4, -0.2) is 18.9 Å². The Morgan fingerprint density at radius 2 is 1.40 bits per heavy atom. The number of ether oxygens (including phenoxy) is 2. The molecule has 5 heteroatoms. The summed E-state index contributed by atoms with van der Waals surface area (Å²) in [6, 6.07) is 13.1. The lowest BCUT2D eigenvalue weighted by Gasteiger charge is -2.06. The third-order valence-electron chi connectivity index (χ3n) is 2.54. The van der Waals surface area contributed by atoms with Gasteiger partial charge < -0.3 is 9.47 Å². The van der Waals surface area contributed by atoms with E-state index in [1.807, 2.05) is 0 Å². The average Bonchev–Trinajstić information content (AvgIpc) is 2.49. The summed E-state index contributed by atoms with van der Waals surface area (Å²) in [7, 11) is 1.16. The van der Waals surface area contributed by atoms with Crippen LogP contribution in [0.5, 0.6) is 11.5 Å². The predicted molar refractivity (Wildman–Crippen MR) is 74.3 cm³/mol. The smallest absolute Gasteiger partial charge is 0.379 e. The lowest BCUT2D eigenvalue weighted by Crippen LogP contribution is -2.15. The van der Waals surface area contributed by atoms with E-state index in [1.54, 1.807) is 36.4 Å². The lowest BCUT2D eigenvalue weighted by atomic mass is 10.1. The summed E-state index contributed by atoms with van der Waals surface area (Å²) in [5.74, 6) is -0.405. The van der Waals surface area contributed by atoms with Crippen LogP contribution in [0.2, 0.25) is 5.02 Å². The van der Waals surface area contributed by atoms with Crippen molar-refractivity contribution in [2.45, 2.75) is 0 Å². The molecular weight excluding hydrogens is 280 g/mol. The topological polar surface area (TPSA) is 52.6 Å². The van der Waals surface area contributed by atoms with E-state index in [0.29, 0.717) is 16.5 Å². The van der Waals surface area contributed by atoms with E-state index in [9.17, 15) is 9.59 Å². The Morgan fingerprint density at radius 1 is 0.900 bits per heavy atom. The highest BCUT2D eigenvalue weighted by Gasteiger charge is 2.16. The molecule has 0 heterocycles. The largest absolute Gasteiger partial charge is 0.463 e. The second-order valence-corrected chi connectivity index (χ2v) is 4.34. The van der Waals surface area contributed by atoms with Crippen LogP contribution in [0.1, 0.15) is 10.4 Å². The molecule has 2 aromatic rings. The number of rotatable bonds is 4. The normalized spacial score (nSPS) is 9.90. The van der Waals surface area contributed by atoms with E-state index in [1.165, 1.54) is 12.1 Å². The number of ketones is 1. The number of carbonyl (C=O) groups is 2. The van der Waals surface area contributed by atoms with Gasteiger partial charge in [0, 0.05) is 10.6 Å². The van der Waals surface area contributed by atoms with Crippen molar-refractivity contribution >= 4 is 23.4 Å². The molecule has 0 atom stereocenters. The minimum Gasteiger partial charge on any atom is -0.463 e. The minimum atomic E-state index is -0.892. The zero-order valence-electron chi connectivity index (χ0n) is 10.6. The molecule has 0 unspecified atom stereocenters. The summed E-state index contributed by atoms with van der Waals surface area (Å²) in [6.45, 7) is 0. The Bertz CT molecular complexity index is 617. The van der Waals surface area contributed by atoms with Crippen LogP contribution < -0.4 is 4.74 Å². The van der Waals surface area contributed by atoms with Gasteiger partial charge in [0.15, 0.2) is 0 Å². The number of benzene rings is 2. The maximum Gasteiger partial charge on any atom is 0.379 e. The lowest BCUT2D eigenvalue weighted by molar-refractivity contribution is -0.135. The standard InChI is InChI=1S/C15H11ClO4/c1-19-15(18)14(17)10-2-6-12(7-3-10)20-13-8-4-11(16)5-9-13/h2-9H,1H3. The van der Waals surface area contributed by atoms with Gasteiger partial charge in [-0.15, -0.1) is 0 Å². The third-order valence-corrected chi connectivity index (χ3v) is 2.79. The van der Waals surface area contributed by atoms with Crippen LogP contribution in [-0.2, 0) is 9.53 Å². The van der Waals surface area contributed by atoms with E-state index in [2.05, 4.69) is 4.74 Å². The number of halogens is 1. The van der Waals surface area contributed by atoms with Gasteiger partial charge in [0.2, 0.25) is 0 Å². The maximum atomic E-state index is 11.6. The highest BCUT2D eigenvalue weighted by Crippen LogP contribution is 2.23. The molecule has 20 heavy (non-hydrogen) atoms. The van der Waals surface area contributed by atoms with Crippen LogP contribution in [0.4, 0.5) is 0 Å². The molecule has 0 saturated heterocycles. The number of carbonyl (C=O) groups excluding carboxylic acids is 2. The van der Waals surface area contributed by atoms with E-state index in [4.69, 9.17) is 16.3 Å². The molecule has 0 aliphatic heterocycles. The fourth-order valence-electron chi connectivity index (χ4n) is 1.52. The molecule has 0 bridgehead atoms. The Morgan fingerprint density at radius 3 is 1.90 bits per heavy atom. The van der Waals surface area contributed by atoms with Gasteiger partial charge in [0.05, 0.1) is 7.11 Å². The first-order valence-corrected chi connectivity index (χ1v) is 6.14. The molecule has 0 saturated carbocycles. The van der Waals surface area contributed by atoms with Crippen LogP contribution in [0.3, 0.4) is 0 Å². The van der Waals surface area contributed by atoms with Gasteiger partial charge in [-0.25, -0.2) is 4.79 Å². The fraction of sp³-hybridized carbons (Fsp3) is 0.0667. The van der Waals surface area contributed by atoms with Gasteiger partial charge in [-0.2, -0.15) is 0 Å². The highest BCUT2D eigenvalue weighted by molar-refractivity contribution is 6.40. The molecule has 0 N–H and O–H groups in total. The maximum absolute atomic E-state index is 11.6. The van der Waals surface area contributed by atoms with E-state index < -0.39 is 11.8 Å². The summed E-state index contributed by atoms with van der Waals surface area (Å²) in [6.07, 6.45) is 0. The number of esters is 1. The Balaban J connectivity index is 2.10. The molecule has 102 valence electrons. The monoisotopic (exact) mass is 290 g/mol. The summed E-state index contributed by atoms with van der Waals surface area (Å²) < 4.78 is 9.94. The molecule has 4 nitrogen and oxygen atoms in total. The average molecular weight is 291 g/mol. The number of hydrogen-bond acceptors (Lipinski definition) is 4. The first kappa shape index (κ1) is 14.1. The second kappa shape index (κ2) is 6.21. The molecule has 0 amide bonds. The zero-order valence-corrected chi connectivity index (χ0v) is 11.4. The minimum absolute atomic E-state index is 0.250. The van der Waals surface area contributed by atoms with Crippen LogP contribution >= 0.6 is 11.6 Å². The van der Waals surface area contributed by atoms with E-state index >= 15 is 0 Å². The predicted octanol–water partition coefficient (Wildman–Crippen LogP) is 3.49. The van der Waals surface area contributed by atoms with Crippen molar-refractivity contribution in [3.05, 3.63) is 59.1 Å². The molecule has 2 aromatic carbocycles. The van der Waals surface area contributed by atoms with Crippen LogP contribution in [0, 0.1) is 0 Å². The Kier molecular flexibility index (Phi) is 4.38. The molecule has 0 aliphatic carbocycles. The second-order valence-electron chi connectivity index (χ2n) is 3.90. The number of hydrogen-bond donors (Lipinski definition) is 0. The summed E-state index contributed by atoms with van der Waals surface area (Å²) in [5.41, 5.74) is 0.250. The summed E-state index contributed by atoms with van der Waals surface area (Å²) >= 11 is 5.78. The molecule has 0 spiro atoms. The highest BCUT2D eigenvalue weighted by atomic mass is 35.5. The quantitative estimate of drug-likeness (QED) is 0.491. The van der Waals surface area contributed by atoms with Gasteiger partial charge in [-0.3, -0.25) is 4.79 Å². The molecular formula is C15H11ClO4. The van der Waals surface area contributed by atoms with Crippen molar-refractivity contribution in [2.75, 3.05) is 7.11 Å². The molecule has 0 aliphatic rings. The first-order chi connectivity index (χ1) is 9.60. The number of methoxy groups -OCH3 is 1. The van der Waals surface area contributed by atoms with Crippen molar-refractivity contribution in [1.82, 2.24) is 0 Å². The van der Waals surface area contributed by atoms with E-state index in [0.717, 1.165) is 7.11 Å². The molecule has 0 fully saturated rings. The van der Waals surface area contributed by atoms with Crippen molar-refractivity contribution in [2.24, 2.45) is 0 Å². The van der Waals surface area contributed by atoms with Gasteiger partial charge in [0.1, 0.15) is 11.5 Å². The van der Waals surface area contributed by atoms with Gasteiger partial charge in [0.25, 0.3) is 5.78 Å². The number of Topliss-reactive ketones (excluding diaryl/α,β-unsaturated/α-hetero) is 1. The molecule has 0 aromatic heterocycles. The van der Waals surface area contributed by atoms with Crippen molar-refractivity contribution in [1.29, 1.82) is 0 Å². The first-order valence-electron chi connectivity index (χ1n) is 5.76. The molecule has 2 rings (SSSR count). The van der Waals surface area contributed by atoms with Crippen LogP contribution in [0.15, 0.2) is 48.5 Å². The van der Waals surface area contributed by atoms with Crippen molar-refractivity contribution in [3.63, 3.8) is 0 Å². The van der Waals surface area contributed by atoms with Gasteiger partial charge in [-0.1, -0.05) is 11.6 Å². The Hall–Kier alpha value is -2.33. The Labute approximate surface area is 120 Å². The van der Waals surface area contributed by atoms with Crippen LogP contribution in [0.25, 0.3) is 0 Å². The van der Waals surface area contributed by atoms with Crippen molar-refractivity contribution in [3.8, 4) is 11.5 Å². The van der Waals surface area contributed by atoms with Gasteiger partial charge >= 0.3 is 5.97 Å². The van der Waals surface area contributed by atoms with Gasteiger partial charge in [-0.05, 0) is 48.5 Å². The summed E-state index contributed by atoms with van der Waals surface area (Å²) in [4.78, 5) is 22.7. The third kappa shape index (κ3) is 3.36. The van der Waals surface area contributed by atoms with E-state index in [-0.39, 0.29) is 5.56 Å². The zero-order chi connectivity index (χ0) is 14.5. The van der Waals surface area contributed by atoms with Crippen molar-refractivity contribution < 1.29 is 19.1 Å².